The van der Waals surface area contributed by atoms with Crippen LogP contribution in [-0.4, -0.2) is 64.6 Å². The molecule has 224 valence electrons. The number of fused-ring (bicyclic) bond motifs is 2. The quantitative estimate of drug-likeness (QED) is 0.178. The molecular weight excluding hydrogens is 637 g/mol. The van der Waals surface area contributed by atoms with Crippen LogP contribution in [0.2, 0.25) is 0 Å². The van der Waals surface area contributed by atoms with Crippen LogP contribution < -0.4 is 0 Å². The second-order valence-corrected chi connectivity index (χ2v) is 14.2. The van der Waals surface area contributed by atoms with Crippen LogP contribution in [0.15, 0.2) is 105 Å². The Morgan fingerprint density at radius 1 is 0.556 bits per heavy atom. The molecule has 0 saturated carbocycles. The van der Waals surface area contributed by atoms with Gasteiger partial charge in [0.2, 0.25) is 9.84 Å². The molecule has 6 rings (SSSR count). The van der Waals surface area contributed by atoms with Crippen molar-refractivity contribution in [3.63, 3.8) is 0 Å². The van der Waals surface area contributed by atoms with Crippen LogP contribution in [0.3, 0.4) is 0 Å². The second-order valence-electron chi connectivity index (χ2n) is 10.1. The van der Waals surface area contributed by atoms with Crippen LogP contribution >= 0.6 is 23.5 Å². The van der Waals surface area contributed by atoms with Crippen LogP contribution in [0, 0.1) is 11.8 Å². The molecule has 0 saturated heterocycles. The van der Waals surface area contributed by atoms with Crippen LogP contribution in [0.5, 0.6) is 0 Å². The van der Waals surface area contributed by atoms with E-state index in [0.717, 1.165) is 57.6 Å². The number of ketones is 6. The molecular formula is C32H20N2O8S3. The normalized spacial score (nSPS) is 17.3. The van der Waals surface area contributed by atoms with E-state index in [-0.39, 0.29) is 43.6 Å². The Morgan fingerprint density at radius 3 is 1.29 bits per heavy atom. The van der Waals surface area contributed by atoms with E-state index in [1.54, 1.807) is 49.1 Å². The van der Waals surface area contributed by atoms with Crippen molar-refractivity contribution in [1.82, 2.24) is 9.97 Å². The number of nitrogens with zero attached hydrogens (tertiary/aromatic N) is 2. The molecule has 13 heteroatoms. The zero-order valence-corrected chi connectivity index (χ0v) is 25.5. The van der Waals surface area contributed by atoms with E-state index in [9.17, 15) is 37.2 Å². The number of thioether (sulfide) groups is 2. The summed E-state index contributed by atoms with van der Waals surface area (Å²) in [5.74, 6) is -7.57. The maximum absolute atomic E-state index is 13.6. The fraction of sp³-hybridized carbons (Fsp3) is 0.125. The van der Waals surface area contributed by atoms with Gasteiger partial charge in [0.05, 0.1) is 21.3 Å². The van der Waals surface area contributed by atoms with Crippen molar-refractivity contribution in [2.45, 2.75) is 19.6 Å². The summed E-state index contributed by atoms with van der Waals surface area (Å²) < 4.78 is 27.2. The third-order valence-corrected chi connectivity index (χ3v) is 11.2. The van der Waals surface area contributed by atoms with Gasteiger partial charge in [-0.15, -0.1) is 23.5 Å². The van der Waals surface area contributed by atoms with Crippen molar-refractivity contribution in [3.05, 3.63) is 108 Å². The Morgan fingerprint density at radius 2 is 0.911 bits per heavy atom. The predicted octanol–water partition coefficient (Wildman–Crippen LogP) is 4.02. The first-order chi connectivity index (χ1) is 21.6. The molecule has 0 amide bonds. The fourth-order valence-electron chi connectivity index (χ4n) is 5.14. The minimum absolute atomic E-state index is 0.0491. The third-order valence-electron chi connectivity index (χ3n) is 7.42. The second kappa shape index (κ2) is 12.1. The fourth-order valence-corrected chi connectivity index (χ4v) is 8.04. The number of benzene rings is 2. The highest BCUT2D eigenvalue weighted by atomic mass is 32.2. The standard InChI is InChI=1S/C32H20N2O8S3/c35-25(15-43-17-5-9-33-10-6-17)27-29(37)21-3-1-19(13-23(21)31(27)39)45(41,42)20-2-4-22-24(14-20)32(40)28(30(22)38)26(36)16-44-18-7-11-34-12-8-18/h1-14,27-28H,15-16H2. The monoisotopic (exact) mass is 656 g/mol. The molecule has 10 nitrogen and oxygen atoms in total. The van der Waals surface area contributed by atoms with Gasteiger partial charge in [-0.1, -0.05) is 0 Å². The zero-order valence-electron chi connectivity index (χ0n) is 23.0. The summed E-state index contributed by atoms with van der Waals surface area (Å²) in [6.07, 6.45) is 6.20. The molecule has 0 fully saturated rings. The van der Waals surface area contributed by atoms with E-state index in [1.165, 1.54) is 12.1 Å². The van der Waals surface area contributed by atoms with E-state index < -0.39 is 56.4 Å². The highest BCUT2D eigenvalue weighted by Crippen LogP contribution is 2.35. The molecule has 0 N–H and O–H groups in total. The van der Waals surface area contributed by atoms with Crippen molar-refractivity contribution in [3.8, 4) is 0 Å². The van der Waals surface area contributed by atoms with E-state index in [0.29, 0.717) is 0 Å². The molecule has 0 bridgehead atoms. The van der Waals surface area contributed by atoms with Gasteiger partial charge in [0.1, 0.15) is 11.8 Å². The first-order valence-corrected chi connectivity index (χ1v) is 16.8. The molecule has 2 aliphatic rings. The first-order valence-electron chi connectivity index (χ1n) is 13.4. The number of carbonyl (C=O) groups is 6. The molecule has 2 aliphatic carbocycles. The summed E-state index contributed by atoms with van der Waals surface area (Å²) in [4.78, 5) is 86.7. The molecule has 2 unspecified atom stereocenters. The summed E-state index contributed by atoms with van der Waals surface area (Å²) >= 11 is 2.30. The van der Waals surface area contributed by atoms with Gasteiger partial charge in [0, 0.05) is 56.8 Å². The number of hydrogen-bond acceptors (Lipinski definition) is 12. The number of rotatable bonds is 10. The summed E-state index contributed by atoms with van der Waals surface area (Å²) in [6.45, 7) is 0. The molecule has 4 aromatic rings. The number of aromatic nitrogens is 2. The van der Waals surface area contributed by atoms with Gasteiger partial charge >= 0.3 is 0 Å². The van der Waals surface area contributed by atoms with Gasteiger partial charge in [-0.2, -0.15) is 0 Å². The Hall–Kier alpha value is -4.59. The van der Waals surface area contributed by atoms with Crippen molar-refractivity contribution >= 4 is 68.1 Å². The molecule has 2 aromatic carbocycles. The van der Waals surface area contributed by atoms with Crippen molar-refractivity contribution in [2.24, 2.45) is 11.8 Å². The minimum Gasteiger partial charge on any atom is -0.297 e. The number of carbonyl (C=O) groups excluding carboxylic acids is 6. The summed E-state index contributed by atoms with van der Waals surface area (Å²) in [5, 5.41) is 0. The smallest absolute Gasteiger partial charge is 0.206 e. The lowest BCUT2D eigenvalue weighted by molar-refractivity contribution is -0.118. The number of hydrogen-bond donors (Lipinski definition) is 0. The van der Waals surface area contributed by atoms with Gasteiger partial charge in [-0.05, 0) is 60.7 Å². The van der Waals surface area contributed by atoms with Gasteiger partial charge in [0.25, 0.3) is 0 Å². The minimum atomic E-state index is -4.35. The number of Topliss-reactive ketones (excluding diaryl/α,β-unsaturated/α-hetero) is 6. The Kier molecular flexibility index (Phi) is 8.16. The molecule has 0 radical (unpaired) electrons. The van der Waals surface area contributed by atoms with E-state index >= 15 is 0 Å². The van der Waals surface area contributed by atoms with E-state index in [2.05, 4.69) is 9.97 Å². The molecule has 45 heavy (non-hydrogen) atoms. The summed E-state index contributed by atoms with van der Waals surface area (Å²) in [7, 11) is -4.35. The molecule has 2 heterocycles. The Bertz CT molecular complexity index is 1910. The zero-order chi connectivity index (χ0) is 31.9. The molecule has 0 aliphatic heterocycles. The van der Waals surface area contributed by atoms with Crippen molar-refractivity contribution < 1.29 is 37.2 Å². The van der Waals surface area contributed by atoms with Crippen LogP contribution in [0.4, 0.5) is 0 Å². The van der Waals surface area contributed by atoms with Crippen molar-refractivity contribution in [2.75, 3.05) is 11.5 Å². The molecule has 2 atom stereocenters. The highest BCUT2D eigenvalue weighted by Gasteiger charge is 2.45. The van der Waals surface area contributed by atoms with Crippen LogP contribution in [0.1, 0.15) is 41.4 Å². The predicted molar refractivity (Wildman–Crippen MR) is 163 cm³/mol. The van der Waals surface area contributed by atoms with Gasteiger partial charge in [-0.3, -0.25) is 38.7 Å². The largest absolute Gasteiger partial charge is 0.297 e. The molecule has 0 spiro atoms. The first kappa shape index (κ1) is 30.4. The lowest BCUT2D eigenvalue weighted by Crippen LogP contribution is -2.27. The average Bonchev–Trinajstić information content (AvgIpc) is 3.46. The van der Waals surface area contributed by atoms with Gasteiger partial charge in [-0.25, -0.2) is 8.42 Å². The topological polar surface area (TPSA) is 162 Å². The van der Waals surface area contributed by atoms with Gasteiger partial charge < -0.3 is 0 Å². The Labute approximate surface area is 265 Å². The van der Waals surface area contributed by atoms with Gasteiger partial charge in [0.15, 0.2) is 34.7 Å². The number of sulfone groups is 1. The highest BCUT2D eigenvalue weighted by molar-refractivity contribution is 8.00. The lowest BCUT2D eigenvalue weighted by Gasteiger charge is -2.08. The summed E-state index contributed by atoms with van der Waals surface area (Å²) in [6, 6.07) is 13.6. The average molecular weight is 657 g/mol. The maximum Gasteiger partial charge on any atom is 0.206 e. The van der Waals surface area contributed by atoms with E-state index in [1.807, 2.05) is 0 Å². The third kappa shape index (κ3) is 5.58. The Balaban J connectivity index is 1.21. The van der Waals surface area contributed by atoms with Crippen molar-refractivity contribution in [1.29, 1.82) is 0 Å². The number of pyridine rings is 2. The van der Waals surface area contributed by atoms with E-state index in [4.69, 9.17) is 0 Å². The SMILES string of the molecule is O=C(CSc1ccncc1)C1C(=O)c2ccc(S(=O)(=O)c3ccc4c(c3)C(=O)C(C(=O)CSc3ccncc3)C4=O)cc2C1=O. The summed E-state index contributed by atoms with van der Waals surface area (Å²) in [5.41, 5.74) is -0.463. The molecule has 2 aromatic heterocycles. The lowest BCUT2D eigenvalue weighted by atomic mass is 10.00. The maximum atomic E-state index is 13.6. The van der Waals surface area contributed by atoms with Crippen LogP contribution in [0.25, 0.3) is 0 Å². The van der Waals surface area contributed by atoms with Crippen LogP contribution in [-0.2, 0) is 19.4 Å².